The molecule has 0 aliphatic carbocycles. The number of nitrogens with one attached hydrogen (secondary N) is 1. The Morgan fingerprint density at radius 1 is 1.40 bits per heavy atom. The molecule has 0 spiro atoms. The van der Waals surface area contributed by atoms with E-state index in [9.17, 15) is 15.0 Å². The first-order valence-electron chi connectivity index (χ1n) is 6.82. The van der Waals surface area contributed by atoms with E-state index in [1.165, 1.54) is 12.1 Å². The third-order valence-corrected chi connectivity index (χ3v) is 3.20. The lowest BCUT2D eigenvalue weighted by atomic mass is 9.95. The van der Waals surface area contributed by atoms with E-state index in [4.69, 9.17) is 4.74 Å². The highest BCUT2D eigenvalue weighted by molar-refractivity contribution is 5.75. The predicted molar refractivity (Wildman–Crippen MR) is 76.9 cm³/mol. The number of carbonyl (C=O) groups is 1. The molecule has 0 heterocycles. The summed E-state index contributed by atoms with van der Waals surface area (Å²) in [6.07, 6.45) is 1.86. The van der Waals surface area contributed by atoms with Crippen molar-refractivity contribution in [3.8, 4) is 11.5 Å². The smallest absolute Gasteiger partial charge is 0.220 e. The monoisotopic (exact) mass is 281 g/mol. The number of phenols is 2. The molecule has 0 aliphatic rings. The average molecular weight is 281 g/mol. The van der Waals surface area contributed by atoms with Crippen LogP contribution < -0.4 is 5.32 Å². The molecule has 0 fully saturated rings. The van der Waals surface area contributed by atoms with Crippen molar-refractivity contribution in [2.45, 2.75) is 32.1 Å². The van der Waals surface area contributed by atoms with E-state index in [1.807, 2.05) is 6.92 Å². The van der Waals surface area contributed by atoms with Gasteiger partial charge in [0.05, 0.1) is 0 Å². The van der Waals surface area contributed by atoms with Crippen molar-refractivity contribution in [2.24, 2.45) is 0 Å². The summed E-state index contributed by atoms with van der Waals surface area (Å²) in [6, 6.07) is 4.54. The first-order chi connectivity index (χ1) is 9.54. The Bertz CT molecular complexity index is 434. The fourth-order valence-electron chi connectivity index (χ4n) is 1.98. The van der Waals surface area contributed by atoms with E-state index in [1.54, 1.807) is 13.2 Å². The molecular formula is C15H23NO4. The number of ether oxygens (including phenoxy) is 1. The minimum absolute atomic E-state index is 0.00576. The molecule has 1 rings (SSSR count). The molecule has 1 atom stereocenters. The van der Waals surface area contributed by atoms with Crippen LogP contribution in [0.1, 0.15) is 37.7 Å². The topological polar surface area (TPSA) is 78.8 Å². The van der Waals surface area contributed by atoms with E-state index in [0.29, 0.717) is 26.0 Å². The fraction of sp³-hybridized carbons (Fsp3) is 0.533. The summed E-state index contributed by atoms with van der Waals surface area (Å²) in [7, 11) is 1.63. The van der Waals surface area contributed by atoms with Gasteiger partial charge in [0.1, 0.15) is 11.5 Å². The second kappa shape index (κ2) is 8.43. The first-order valence-corrected chi connectivity index (χ1v) is 6.82. The molecule has 0 saturated carbocycles. The number of hydrogen-bond donors (Lipinski definition) is 3. The molecular weight excluding hydrogens is 258 g/mol. The quantitative estimate of drug-likeness (QED) is 0.638. The Morgan fingerprint density at radius 3 is 2.80 bits per heavy atom. The molecule has 0 aliphatic heterocycles. The van der Waals surface area contributed by atoms with Crippen molar-refractivity contribution >= 4 is 5.91 Å². The number of methoxy groups -OCH3 is 1. The van der Waals surface area contributed by atoms with Gasteiger partial charge in [0, 0.05) is 32.7 Å². The minimum atomic E-state index is 0.00576. The van der Waals surface area contributed by atoms with Crippen LogP contribution in [-0.2, 0) is 9.53 Å². The van der Waals surface area contributed by atoms with Crippen LogP contribution in [0.2, 0.25) is 0 Å². The Hall–Kier alpha value is -1.75. The predicted octanol–water partition coefficient (Wildman–Crippen LogP) is 2.13. The van der Waals surface area contributed by atoms with Crippen LogP contribution in [0.25, 0.3) is 0 Å². The van der Waals surface area contributed by atoms with Crippen molar-refractivity contribution in [3.05, 3.63) is 23.8 Å². The summed E-state index contributed by atoms with van der Waals surface area (Å²) < 4.78 is 4.90. The van der Waals surface area contributed by atoms with Gasteiger partial charge < -0.3 is 20.3 Å². The molecule has 20 heavy (non-hydrogen) atoms. The van der Waals surface area contributed by atoms with E-state index in [-0.39, 0.29) is 23.3 Å². The maximum atomic E-state index is 11.6. The van der Waals surface area contributed by atoms with Crippen LogP contribution in [0, 0.1) is 0 Å². The normalized spacial score (nSPS) is 12.1. The minimum Gasteiger partial charge on any atom is -0.508 e. The summed E-state index contributed by atoms with van der Waals surface area (Å²) in [5.41, 5.74) is 0.745. The van der Waals surface area contributed by atoms with Crippen molar-refractivity contribution in [1.29, 1.82) is 0 Å². The van der Waals surface area contributed by atoms with E-state index in [2.05, 4.69) is 5.32 Å². The second-order valence-corrected chi connectivity index (χ2v) is 4.88. The van der Waals surface area contributed by atoms with Gasteiger partial charge in [-0.25, -0.2) is 0 Å². The molecule has 1 unspecified atom stereocenters. The third kappa shape index (κ3) is 5.48. The number of rotatable bonds is 8. The Morgan fingerprint density at radius 2 is 2.15 bits per heavy atom. The molecule has 5 nitrogen and oxygen atoms in total. The van der Waals surface area contributed by atoms with Gasteiger partial charge in [-0.3, -0.25) is 4.79 Å². The van der Waals surface area contributed by atoms with Crippen LogP contribution in [0.5, 0.6) is 11.5 Å². The molecule has 1 aromatic rings. The molecule has 5 heteroatoms. The van der Waals surface area contributed by atoms with Gasteiger partial charge in [0.2, 0.25) is 5.91 Å². The highest BCUT2D eigenvalue weighted by atomic mass is 16.5. The van der Waals surface area contributed by atoms with E-state index < -0.39 is 0 Å². The fourth-order valence-corrected chi connectivity index (χ4v) is 1.98. The third-order valence-electron chi connectivity index (χ3n) is 3.20. The van der Waals surface area contributed by atoms with E-state index >= 15 is 0 Å². The van der Waals surface area contributed by atoms with Crippen molar-refractivity contribution in [2.75, 3.05) is 20.3 Å². The van der Waals surface area contributed by atoms with Gasteiger partial charge in [-0.05, 0) is 30.4 Å². The SMILES string of the molecule is COCCCNC(=O)CCC(C)c1ccc(O)cc1O. The first kappa shape index (κ1) is 16.3. The zero-order valence-corrected chi connectivity index (χ0v) is 12.1. The van der Waals surface area contributed by atoms with E-state index in [0.717, 1.165) is 12.0 Å². The van der Waals surface area contributed by atoms with Crippen molar-refractivity contribution in [3.63, 3.8) is 0 Å². The van der Waals surface area contributed by atoms with Crippen molar-refractivity contribution in [1.82, 2.24) is 5.32 Å². The standard InChI is InChI=1S/C15H23NO4/c1-11(13-6-5-12(17)10-14(13)18)4-7-15(19)16-8-3-9-20-2/h5-6,10-11,17-18H,3-4,7-9H2,1-2H3,(H,16,19). The molecule has 112 valence electrons. The summed E-state index contributed by atoms with van der Waals surface area (Å²) in [4.78, 5) is 11.6. The number of benzene rings is 1. The summed E-state index contributed by atoms with van der Waals surface area (Å²) >= 11 is 0. The number of amides is 1. The number of phenolic OH excluding ortho intramolecular Hbond substituents is 2. The lowest BCUT2D eigenvalue weighted by Gasteiger charge is -2.13. The zero-order valence-electron chi connectivity index (χ0n) is 12.1. The number of aromatic hydroxyl groups is 2. The number of carbonyl (C=O) groups excluding carboxylic acids is 1. The Kier molecular flexibility index (Phi) is 6.87. The summed E-state index contributed by atoms with van der Waals surface area (Å²) in [5.74, 6) is 0.166. The van der Waals surface area contributed by atoms with Crippen LogP contribution in [-0.4, -0.2) is 36.4 Å². The van der Waals surface area contributed by atoms with Crippen molar-refractivity contribution < 1.29 is 19.7 Å². The van der Waals surface area contributed by atoms with Gasteiger partial charge >= 0.3 is 0 Å². The lowest BCUT2D eigenvalue weighted by molar-refractivity contribution is -0.121. The Labute approximate surface area is 119 Å². The van der Waals surface area contributed by atoms with Gasteiger partial charge in [-0.15, -0.1) is 0 Å². The molecule has 1 amide bonds. The van der Waals surface area contributed by atoms with Crippen LogP contribution in [0.4, 0.5) is 0 Å². The molecule has 3 N–H and O–H groups in total. The van der Waals surface area contributed by atoms with Crippen LogP contribution in [0.3, 0.4) is 0 Å². The average Bonchev–Trinajstić information content (AvgIpc) is 2.41. The van der Waals surface area contributed by atoms with Gasteiger partial charge in [-0.2, -0.15) is 0 Å². The largest absolute Gasteiger partial charge is 0.508 e. The highest BCUT2D eigenvalue weighted by Gasteiger charge is 2.12. The molecule has 1 aromatic carbocycles. The van der Waals surface area contributed by atoms with Gasteiger partial charge in [-0.1, -0.05) is 13.0 Å². The molecule has 0 radical (unpaired) electrons. The van der Waals surface area contributed by atoms with Crippen LogP contribution >= 0.6 is 0 Å². The Balaban J connectivity index is 2.35. The summed E-state index contributed by atoms with van der Waals surface area (Å²) in [6.45, 7) is 3.20. The maximum absolute atomic E-state index is 11.6. The van der Waals surface area contributed by atoms with Gasteiger partial charge in [0.25, 0.3) is 0 Å². The zero-order chi connectivity index (χ0) is 15.0. The number of hydrogen-bond acceptors (Lipinski definition) is 4. The molecule has 0 aromatic heterocycles. The maximum Gasteiger partial charge on any atom is 0.220 e. The molecule has 0 bridgehead atoms. The summed E-state index contributed by atoms with van der Waals surface area (Å²) in [5, 5.41) is 21.8. The molecule has 0 saturated heterocycles. The lowest BCUT2D eigenvalue weighted by Crippen LogP contribution is -2.25. The van der Waals surface area contributed by atoms with Crippen LogP contribution in [0.15, 0.2) is 18.2 Å². The second-order valence-electron chi connectivity index (χ2n) is 4.88. The van der Waals surface area contributed by atoms with Gasteiger partial charge in [0.15, 0.2) is 0 Å². The highest BCUT2D eigenvalue weighted by Crippen LogP contribution is 2.31.